The van der Waals surface area contributed by atoms with Crippen LogP contribution in [0.15, 0.2) is 71.8 Å². The van der Waals surface area contributed by atoms with Crippen LogP contribution in [-0.4, -0.2) is 30.1 Å². The van der Waals surface area contributed by atoms with Gasteiger partial charge >= 0.3 is 0 Å². The molecule has 0 amide bonds. The highest BCUT2D eigenvalue weighted by molar-refractivity contribution is 7.08. The maximum absolute atomic E-state index is 4.85. The van der Waals surface area contributed by atoms with Gasteiger partial charge in [0.1, 0.15) is 16.9 Å². The summed E-state index contributed by atoms with van der Waals surface area (Å²) >= 11 is 1.69. The Morgan fingerprint density at radius 1 is 0.966 bits per heavy atom. The molecule has 0 fully saturated rings. The molecule has 0 atom stereocenters. The van der Waals surface area contributed by atoms with Crippen LogP contribution in [0.5, 0.6) is 0 Å². The molecule has 6 heterocycles. The van der Waals surface area contributed by atoms with E-state index in [4.69, 9.17) is 4.98 Å². The van der Waals surface area contributed by atoms with Crippen molar-refractivity contribution in [1.82, 2.24) is 30.1 Å². The summed E-state index contributed by atoms with van der Waals surface area (Å²) in [6, 6.07) is 14.2. The summed E-state index contributed by atoms with van der Waals surface area (Å²) in [6.07, 6.45) is 5.40. The van der Waals surface area contributed by atoms with Crippen molar-refractivity contribution >= 4 is 33.4 Å². The fourth-order valence-corrected chi connectivity index (χ4v) is 4.24. The highest BCUT2D eigenvalue weighted by atomic mass is 32.1. The Morgan fingerprint density at radius 3 is 2.83 bits per heavy atom. The highest BCUT2D eigenvalue weighted by Crippen LogP contribution is 2.33. The third-order valence-corrected chi connectivity index (χ3v) is 5.67. The normalized spacial score (nSPS) is 11.4. The van der Waals surface area contributed by atoms with Crippen LogP contribution in [0.2, 0.25) is 0 Å². The van der Waals surface area contributed by atoms with Gasteiger partial charge in [0.2, 0.25) is 0 Å². The first-order chi connectivity index (χ1) is 14.4. The van der Waals surface area contributed by atoms with E-state index in [0.717, 1.165) is 50.3 Å². The van der Waals surface area contributed by atoms with Gasteiger partial charge < -0.3 is 4.98 Å². The van der Waals surface area contributed by atoms with Crippen LogP contribution in [0, 0.1) is 0 Å². The Morgan fingerprint density at radius 2 is 1.97 bits per heavy atom. The third-order valence-electron chi connectivity index (χ3n) is 4.98. The summed E-state index contributed by atoms with van der Waals surface area (Å²) < 4.78 is 0. The van der Waals surface area contributed by atoms with E-state index in [1.54, 1.807) is 17.5 Å². The molecule has 0 saturated heterocycles. The molecule has 6 aromatic rings. The summed E-state index contributed by atoms with van der Waals surface area (Å²) in [5, 5.41) is 12.9. The van der Waals surface area contributed by atoms with Crippen LogP contribution < -0.4 is 0 Å². The van der Waals surface area contributed by atoms with Crippen LogP contribution in [-0.2, 0) is 0 Å². The molecule has 0 aromatic carbocycles. The minimum absolute atomic E-state index is 0.778. The number of fused-ring (bicyclic) bond motifs is 2. The molecule has 2 N–H and O–H groups in total. The first kappa shape index (κ1) is 16.1. The van der Waals surface area contributed by atoms with Crippen LogP contribution in [0.1, 0.15) is 0 Å². The van der Waals surface area contributed by atoms with E-state index in [1.165, 1.54) is 5.56 Å². The molecule has 7 heteroatoms. The summed E-state index contributed by atoms with van der Waals surface area (Å²) in [7, 11) is 0. The van der Waals surface area contributed by atoms with Crippen molar-refractivity contribution in [3.63, 3.8) is 0 Å². The SMILES string of the molecule is c1cncc(-c2ccc3[nH]nc(-c4cc5c(-c6ccsc6)ccnc5[nH]4)c3n2)c1. The lowest BCUT2D eigenvalue weighted by Crippen LogP contribution is -1.86. The molecule has 138 valence electrons. The molecule has 6 rings (SSSR count). The molecule has 0 bridgehead atoms. The number of pyridine rings is 3. The maximum Gasteiger partial charge on any atom is 0.138 e. The van der Waals surface area contributed by atoms with Crippen molar-refractivity contribution in [3.05, 3.63) is 71.8 Å². The molecule has 0 aliphatic carbocycles. The van der Waals surface area contributed by atoms with E-state index in [9.17, 15) is 0 Å². The van der Waals surface area contributed by atoms with Gasteiger partial charge in [-0.15, -0.1) is 0 Å². The van der Waals surface area contributed by atoms with E-state index in [1.807, 2.05) is 42.7 Å². The number of rotatable bonds is 3. The Labute approximate surface area is 169 Å². The van der Waals surface area contributed by atoms with Crippen LogP contribution in [0.3, 0.4) is 0 Å². The van der Waals surface area contributed by atoms with Crippen LogP contribution in [0.25, 0.3) is 55.8 Å². The molecular weight excluding hydrogens is 380 g/mol. The molecule has 0 spiro atoms. The van der Waals surface area contributed by atoms with Gasteiger partial charge in [-0.25, -0.2) is 9.97 Å². The number of aromatic nitrogens is 6. The summed E-state index contributed by atoms with van der Waals surface area (Å²) in [6.45, 7) is 0. The van der Waals surface area contributed by atoms with Crippen molar-refractivity contribution in [2.45, 2.75) is 0 Å². The van der Waals surface area contributed by atoms with Gasteiger partial charge in [0, 0.05) is 29.5 Å². The average molecular weight is 394 g/mol. The topological polar surface area (TPSA) is 83.1 Å². The highest BCUT2D eigenvalue weighted by Gasteiger charge is 2.16. The Hall–Kier alpha value is -3.84. The Balaban J connectivity index is 1.53. The second kappa shape index (κ2) is 6.35. The monoisotopic (exact) mass is 394 g/mol. The van der Waals surface area contributed by atoms with E-state index >= 15 is 0 Å². The number of thiophene rings is 1. The zero-order chi connectivity index (χ0) is 19.2. The van der Waals surface area contributed by atoms with E-state index in [2.05, 4.69) is 48.0 Å². The second-order valence-corrected chi connectivity index (χ2v) is 7.50. The fraction of sp³-hybridized carbons (Fsp3) is 0. The largest absolute Gasteiger partial charge is 0.338 e. The van der Waals surface area contributed by atoms with Crippen molar-refractivity contribution in [2.24, 2.45) is 0 Å². The fourth-order valence-electron chi connectivity index (χ4n) is 3.59. The minimum atomic E-state index is 0.778. The van der Waals surface area contributed by atoms with Crippen molar-refractivity contribution in [2.75, 3.05) is 0 Å². The Bertz CT molecular complexity index is 1450. The van der Waals surface area contributed by atoms with Gasteiger partial charge in [0.05, 0.1) is 16.9 Å². The quantitative estimate of drug-likeness (QED) is 0.427. The lowest BCUT2D eigenvalue weighted by atomic mass is 10.1. The lowest BCUT2D eigenvalue weighted by Gasteiger charge is -2.00. The average Bonchev–Trinajstić information content (AvgIpc) is 3.52. The van der Waals surface area contributed by atoms with E-state index in [-0.39, 0.29) is 0 Å². The van der Waals surface area contributed by atoms with Crippen LogP contribution >= 0.6 is 11.3 Å². The maximum atomic E-state index is 4.85. The second-order valence-electron chi connectivity index (χ2n) is 6.72. The zero-order valence-electron chi connectivity index (χ0n) is 15.1. The smallest absolute Gasteiger partial charge is 0.138 e. The molecule has 0 aliphatic heterocycles. The number of nitrogens with zero attached hydrogens (tertiary/aromatic N) is 4. The van der Waals surface area contributed by atoms with Gasteiger partial charge in [0.15, 0.2) is 0 Å². The van der Waals surface area contributed by atoms with E-state index in [0.29, 0.717) is 0 Å². The summed E-state index contributed by atoms with van der Waals surface area (Å²) in [5.41, 5.74) is 8.38. The third kappa shape index (κ3) is 2.63. The van der Waals surface area contributed by atoms with Gasteiger partial charge in [0.25, 0.3) is 0 Å². The molecule has 6 aromatic heterocycles. The molecule has 6 nitrogen and oxygen atoms in total. The van der Waals surface area contributed by atoms with Crippen LogP contribution in [0.4, 0.5) is 0 Å². The molecular formula is C22H14N6S. The van der Waals surface area contributed by atoms with Gasteiger partial charge in [-0.2, -0.15) is 16.4 Å². The molecule has 29 heavy (non-hydrogen) atoms. The standard InChI is InChI=1S/C22H14N6S/c1-2-13(11-23-7-1)17-3-4-18-20(25-17)21(28-27-18)19-10-16-15(14-6-9-29-12-14)5-8-24-22(16)26-19/h1-12H,(H,24,26)(H,27,28). The van der Waals surface area contributed by atoms with Gasteiger partial charge in [-0.1, -0.05) is 0 Å². The van der Waals surface area contributed by atoms with Gasteiger partial charge in [-0.3, -0.25) is 10.1 Å². The van der Waals surface area contributed by atoms with Crippen molar-refractivity contribution in [1.29, 1.82) is 0 Å². The number of nitrogens with one attached hydrogen (secondary N) is 2. The zero-order valence-corrected chi connectivity index (χ0v) is 15.9. The number of hydrogen-bond donors (Lipinski definition) is 2. The van der Waals surface area contributed by atoms with Crippen molar-refractivity contribution in [3.8, 4) is 33.8 Å². The lowest BCUT2D eigenvalue weighted by molar-refractivity contribution is 1.12. The predicted molar refractivity (Wildman–Crippen MR) is 116 cm³/mol. The molecule has 0 aliphatic rings. The predicted octanol–water partition coefficient (Wildman–Crippen LogP) is 5.29. The number of hydrogen-bond acceptors (Lipinski definition) is 5. The van der Waals surface area contributed by atoms with Crippen molar-refractivity contribution < 1.29 is 0 Å². The number of H-pyrrole nitrogens is 2. The minimum Gasteiger partial charge on any atom is -0.338 e. The first-order valence-corrected chi connectivity index (χ1v) is 10.1. The Kier molecular flexibility index (Phi) is 3.54. The molecule has 0 unspecified atom stereocenters. The number of aromatic amines is 2. The molecule has 0 radical (unpaired) electrons. The molecule has 0 saturated carbocycles. The summed E-state index contributed by atoms with van der Waals surface area (Å²) in [4.78, 5) is 17.0. The van der Waals surface area contributed by atoms with E-state index < -0.39 is 0 Å². The summed E-state index contributed by atoms with van der Waals surface area (Å²) in [5.74, 6) is 0. The van der Waals surface area contributed by atoms with Gasteiger partial charge in [-0.05, 0) is 64.4 Å². The first-order valence-electron chi connectivity index (χ1n) is 9.13.